The van der Waals surface area contributed by atoms with E-state index in [9.17, 15) is 24.3 Å². The first-order chi connectivity index (χ1) is 15.1. The summed E-state index contributed by atoms with van der Waals surface area (Å²) >= 11 is 1.12. The lowest BCUT2D eigenvalue weighted by molar-refractivity contribution is -0.215. The van der Waals surface area contributed by atoms with E-state index in [0.717, 1.165) is 11.8 Å². The number of carboxylic acid groups (broad SMARTS) is 1. The van der Waals surface area contributed by atoms with Gasteiger partial charge in [-0.05, 0) is 26.0 Å². The Hall–Kier alpha value is -2.99. The molecule has 32 heavy (non-hydrogen) atoms. The Morgan fingerprint density at radius 2 is 2.00 bits per heavy atom. The van der Waals surface area contributed by atoms with Crippen molar-refractivity contribution in [3.63, 3.8) is 0 Å². The lowest BCUT2D eigenvalue weighted by Crippen LogP contribution is -2.83. The number of thioether (sulfide) groups is 1. The number of carbonyl (C=O) groups is 4. The second kappa shape index (κ2) is 9.25. The quantitative estimate of drug-likeness (QED) is 0.345. The summed E-state index contributed by atoms with van der Waals surface area (Å²) in [7, 11) is 0. The summed E-state index contributed by atoms with van der Waals surface area (Å²) in [4.78, 5) is 49.9. The van der Waals surface area contributed by atoms with Crippen LogP contribution < -0.4 is 15.8 Å². The highest BCUT2D eigenvalue weighted by Gasteiger charge is 2.68. The Morgan fingerprint density at radius 1 is 1.31 bits per heavy atom. The van der Waals surface area contributed by atoms with Gasteiger partial charge in [0.2, 0.25) is 0 Å². The molecule has 2 unspecified atom stereocenters. The van der Waals surface area contributed by atoms with Crippen molar-refractivity contribution in [2.24, 2.45) is 11.1 Å². The number of aliphatic carboxylic acids is 1. The zero-order chi connectivity index (χ0) is 23.5. The van der Waals surface area contributed by atoms with Gasteiger partial charge >= 0.3 is 12.1 Å². The van der Waals surface area contributed by atoms with Crippen LogP contribution in [0.25, 0.3) is 0 Å². The molecule has 3 atom stereocenters. The van der Waals surface area contributed by atoms with E-state index in [1.54, 1.807) is 38.1 Å². The van der Waals surface area contributed by atoms with E-state index in [2.05, 4.69) is 5.32 Å². The van der Waals surface area contributed by atoms with Gasteiger partial charge in [0, 0.05) is 12.3 Å². The van der Waals surface area contributed by atoms with Crippen molar-refractivity contribution in [2.45, 2.75) is 31.1 Å². The van der Waals surface area contributed by atoms with E-state index in [4.69, 9.17) is 19.9 Å². The number of para-hydroxylation sites is 1. The number of nitrogens with zero attached hydrogens (tertiary/aromatic N) is 1. The second-order valence-electron chi connectivity index (χ2n) is 7.84. The maximum absolute atomic E-state index is 13.1. The molecule has 11 nitrogen and oxygen atoms in total. The van der Waals surface area contributed by atoms with E-state index in [1.807, 2.05) is 6.07 Å². The number of primary amides is 1. The maximum Gasteiger partial charge on any atom is 0.404 e. The van der Waals surface area contributed by atoms with E-state index in [-0.39, 0.29) is 18.9 Å². The molecule has 0 saturated carbocycles. The molecule has 0 aliphatic carbocycles. The van der Waals surface area contributed by atoms with Crippen molar-refractivity contribution in [1.82, 2.24) is 10.2 Å². The van der Waals surface area contributed by atoms with E-state index < -0.39 is 53.1 Å². The fraction of sp³-hybridized carbons (Fsp3) is 0.500. The third kappa shape index (κ3) is 4.60. The molecule has 4 N–H and O–H groups in total. The number of carboxylic acids is 1. The van der Waals surface area contributed by atoms with Crippen molar-refractivity contribution in [1.29, 1.82) is 0 Å². The number of nitrogens with one attached hydrogen (secondary N) is 1. The van der Waals surface area contributed by atoms with E-state index in [1.165, 1.54) is 4.90 Å². The van der Waals surface area contributed by atoms with Gasteiger partial charge in [-0.25, -0.2) is 4.79 Å². The van der Waals surface area contributed by atoms with Gasteiger partial charge in [0.25, 0.3) is 17.5 Å². The van der Waals surface area contributed by atoms with Gasteiger partial charge in [0.05, 0.1) is 6.10 Å². The number of fused-ring (bicyclic) bond motifs is 1. The normalized spacial score (nSPS) is 26.7. The molecular weight excluding hydrogens is 442 g/mol. The summed E-state index contributed by atoms with van der Waals surface area (Å²) in [5.74, 6) is -1.85. The maximum atomic E-state index is 13.1. The summed E-state index contributed by atoms with van der Waals surface area (Å²) in [6.45, 7) is 2.42. The molecule has 2 aliphatic rings. The number of rotatable bonds is 9. The molecule has 3 rings (SSSR count). The topological polar surface area (TPSA) is 157 Å². The summed E-state index contributed by atoms with van der Waals surface area (Å²) < 4.78 is 16.0. The van der Waals surface area contributed by atoms with Crippen molar-refractivity contribution in [2.75, 3.05) is 25.5 Å². The highest BCUT2D eigenvalue weighted by Crippen LogP contribution is 2.48. The van der Waals surface area contributed by atoms with Crippen LogP contribution in [0.15, 0.2) is 30.3 Å². The third-order valence-corrected chi connectivity index (χ3v) is 6.63. The lowest BCUT2D eigenvalue weighted by atomic mass is 9.87. The smallest absolute Gasteiger partial charge is 0.404 e. The number of hydrogen-bond acceptors (Lipinski definition) is 8. The molecule has 2 heterocycles. The monoisotopic (exact) mass is 467 g/mol. The van der Waals surface area contributed by atoms with Crippen LogP contribution in [0.1, 0.15) is 13.8 Å². The van der Waals surface area contributed by atoms with Crippen LogP contribution in [0, 0.1) is 5.41 Å². The minimum Gasteiger partial charge on any atom is -0.484 e. The fourth-order valence-electron chi connectivity index (χ4n) is 3.57. The average Bonchev–Trinajstić information content (AvgIpc) is 2.75. The van der Waals surface area contributed by atoms with E-state index >= 15 is 0 Å². The standard InChI is InChI=1S/C20H25N3O8S/c1-12(2)31-20(22-14(24)8-29-13-6-4-3-5-7-13)15(25)23-9-19(17(26)27,10-30-18(21)28)11-32-16(20)23/h3-7,12,16H,8-11H2,1-2H3,(H2,21,28)(H,22,24)(H,26,27)/t16-,19?,20?/m1/s1. The highest BCUT2D eigenvalue weighted by molar-refractivity contribution is 8.00. The van der Waals surface area contributed by atoms with Gasteiger partial charge < -0.3 is 35.3 Å². The van der Waals surface area contributed by atoms with Gasteiger partial charge in [-0.15, -0.1) is 11.8 Å². The Labute approximate surface area is 188 Å². The molecule has 0 spiro atoms. The fourth-order valence-corrected chi connectivity index (χ4v) is 5.15. The van der Waals surface area contributed by atoms with E-state index in [0.29, 0.717) is 5.75 Å². The number of benzene rings is 1. The van der Waals surface area contributed by atoms with Gasteiger partial charge in [-0.3, -0.25) is 14.4 Å². The summed E-state index contributed by atoms with van der Waals surface area (Å²) in [6, 6.07) is 8.73. The number of hydrogen-bond donors (Lipinski definition) is 3. The third-order valence-electron chi connectivity index (χ3n) is 5.00. The van der Waals surface area contributed by atoms with Gasteiger partial charge in [-0.1, -0.05) is 18.2 Å². The van der Waals surface area contributed by atoms with Crippen LogP contribution in [0.5, 0.6) is 5.75 Å². The molecule has 2 saturated heterocycles. The Bertz CT molecular complexity index is 898. The van der Waals surface area contributed by atoms with Crippen molar-refractivity contribution in [3.05, 3.63) is 30.3 Å². The predicted molar refractivity (Wildman–Crippen MR) is 113 cm³/mol. The van der Waals surface area contributed by atoms with Gasteiger partial charge in [-0.2, -0.15) is 0 Å². The molecule has 0 radical (unpaired) electrons. The first kappa shape index (κ1) is 23.7. The number of nitrogens with two attached hydrogens (primary N) is 1. The predicted octanol–water partition coefficient (Wildman–Crippen LogP) is 0.384. The first-order valence-electron chi connectivity index (χ1n) is 9.84. The minimum atomic E-state index is -1.65. The van der Waals surface area contributed by atoms with Gasteiger partial charge in [0.15, 0.2) is 6.61 Å². The average molecular weight is 468 g/mol. The van der Waals surface area contributed by atoms with Crippen LogP contribution in [0.4, 0.5) is 4.79 Å². The molecule has 1 aromatic rings. The van der Waals surface area contributed by atoms with Gasteiger partial charge in [0.1, 0.15) is 23.1 Å². The van der Waals surface area contributed by atoms with Crippen molar-refractivity contribution < 1.29 is 38.5 Å². The Balaban J connectivity index is 1.73. The molecule has 3 amide bonds. The number of carbonyl (C=O) groups excluding carboxylic acids is 3. The minimum absolute atomic E-state index is 0.0175. The highest BCUT2D eigenvalue weighted by atomic mass is 32.2. The van der Waals surface area contributed by atoms with Crippen LogP contribution >= 0.6 is 11.8 Å². The van der Waals surface area contributed by atoms with Crippen LogP contribution in [-0.4, -0.2) is 76.6 Å². The summed E-state index contributed by atoms with van der Waals surface area (Å²) in [5.41, 5.74) is 1.81. The zero-order valence-corrected chi connectivity index (χ0v) is 18.4. The van der Waals surface area contributed by atoms with Crippen LogP contribution in [-0.2, 0) is 23.9 Å². The molecule has 0 aromatic heterocycles. The SMILES string of the molecule is CC(C)OC1(NC(=O)COc2ccccc2)C(=O)N2CC(COC(N)=O)(C(=O)O)CS[C@@H]21. The zero-order valence-electron chi connectivity index (χ0n) is 17.6. The first-order valence-corrected chi connectivity index (χ1v) is 10.9. The number of β-lactam (4-membered cyclic amide) rings is 1. The van der Waals surface area contributed by atoms with Crippen LogP contribution in [0.3, 0.4) is 0 Å². The van der Waals surface area contributed by atoms with Crippen molar-refractivity contribution in [3.8, 4) is 5.75 Å². The molecule has 1 aromatic carbocycles. The molecule has 12 heteroatoms. The summed E-state index contributed by atoms with van der Waals surface area (Å²) in [5, 5.41) is 11.7. The Kier molecular flexibility index (Phi) is 6.84. The largest absolute Gasteiger partial charge is 0.484 e. The molecule has 2 aliphatic heterocycles. The molecule has 0 bridgehead atoms. The molecular formula is C20H25N3O8S. The summed E-state index contributed by atoms with van der Waals surface area (Å²) in [6.07, 6.45) is -1.50. The lowest BCUT2D eigenvalue weighted by Gasteiger charge is -2.59. The molecule has 174 valence electrons. The Morgan fingerprint density at radius 3 is 2.59 bits per heavy atom. The number of amides is 3. The second-order valence-corrected chi connectivity index (χ2v) is 8.91. The molecule has 2 fully saturated rings. The van der Waals surface area contributed by atoms with Crippen LogP contribution in [0.2, 0.25) is 0 Å². The number of ether oxygens (including phenoxy) is 3. The van der Waals surface area contributed by atoms with Crippen molar-refractivity contribution >= 4 is 35.6 Å².